The van der Waals surface area contributed by atoms with E-state index in [4.69, 9.17) is 21.7 Å². The van der Waals surface area contributed by atoms with Gasteiger partial charge in [-0.25, -0.2) is 0 Å². The molecule has 3 aromatic rings. The van der Waals surface area contributed by atoms with E-state index < -0.39 is 18.3 Å². The van der Waals surface area contributed by atoms with Crippen LogP contribution in [-0.2, 0) is 13.0 Å². The molecular formula is C22H23F4N3O3S. The average Bonchev–Trinajstić information content (AvgIpc) is 3.14. The van der Waals surface area contributed by atoms with E-state index in [-0.39, 0.29) is 0 Å². The van der Waals surface area contributed by atoms with Crippen LogP contribution in [0.2, 0.25) is 0 Å². The second kappa shape index (κ2) is 10.7. The van der Waals surface area contributed by atoms with E-state index in [0.29, 0.717) is 53.8 Å². The van der Waals surface area contributed by atoms with Crippen molar-refractivity contribution in [2.24, 2.45) is 0 Å². The number of rotatable bonds is 11. The van der Waals surface area contributed by atoms with Gasteiger partial charge in [0.1, 0.15) is 5.75 Å². The van der Waals surface area contributed by atoms with Crippen LogP contribution in [0.15, 0.2) is 42.5 Å². The number of aromatic nitrogens is 3. The smallest absolute Gasteiger partial charge is 0.461 e. The third kappa shape index (κ3) is 6.04. The number of halogens is 4. The van der Waals surface area contributed by atoms with E-state index in [1.165, 1.54) is 18.2 Å². The lowest BCUT2D eigenvalue weighted by Gasteiger charge is -2.17. The summed E-state index contributed by atoms with van der Waals surface area (Å²) in [4.78, 5) is 0. The highest BCUT2D eigenvalue weighted by molar-refractivity contribution is 7.71. The Morgan fingerprint density at radius 2 is 1.79 bits per heavy atom. The molecule has 0 bridgehead atoms. The van der Waals surface area contributed by atoms with Gasteiger partial charge < -0.3 is 14.2 Å². The predicted molar refractivity (Wildman–Crippen MR) is 117 cm³/mol. The van der Waals surface area contributed by atoms with Crippen molar-refractivity contribution >= 4 is 12.2 Å². The van der Waals surface area contributed by atoms with E-state index >= 15 is 0 Å². The molecule has 6 nitrogen and oxygen atoms in total. The molecule has 0 spiro atoms. The summed E-state index contributed by atoms with van der Waals surface area (Å²) in [5.41, 5.74) is 1.34. The fourth-order valence-electron chi connectivity index (χ4n) is 3.14. The van der Waals surface area contributed by atoms with Gasteiger partial charge in [-0.15, -0.1) is 0 Å². The monoisotopic (exact) mass is 485 g/mol. The Labute approximate surface area is 193 Å². The molecule has 33 heavy (non-hydrogen) atoms. The van der Waals surface area contributed by atoms with Crippen LogP contribution in [0.4, 0.5) is 17.6 Å². The number of H-pyrrole nitrogens is 1. The summed E-state index contributed by atoms with van der Waals surface area (Å²) < 4.78 is 68.9. The fraction of sp³-hybridized carbons (Fsp3) is 0.364. The number of nitrogens with zero attached hydrogens (tertiary/aromatic N) is 2. The number of benzene rings is 2. The summed E-state index contributed by atoms with van der Waals surface area (Å²) in [6.45, 7) is 5.19. The molecule has 178 valence electrons. The van der Waals surface area contributed by atoms with Gasteiger partial charge in [0.15, 0.2) is 22.1 Å². The number of alkyl halides is 4. The Balaban J connectivity index is 1.82. The summed E-state index contributed by atoms with van der Waals surface area (Å²) in [6.07, 6.45) is -7.99. The van der Waals surface area contributed by atoms with Crippen LogP contribution in [0.5, 0.6) is 17.2 Å². The van der Waals surface area contributed by atoms with E-state index in [1.807, 2.05) is 32.0 Å². The first kappa shape index (κ1) is 24.6. The molecule has 0 fully saturated rings. The summed E-state index contributed by atoms with van der Waals surface area (Å²) in [5.74, 6) is 1.24. The van der Waals surface area contributed by atoms with Gasteiger partial charge in [-0.1, -0.05) is 18.2 Å². The van der Waals surface area contributed by atoms with Crippen molar-refractivity contribution in [1.29, 1.82) is 0 Å². The maximum Gasteiger partial charge on any atom is 0.461 e. The van der Waals surface area contributed by atoms with E-state index in [9.17, 15) is 17.6 Å². The van der Waals surface area contributed by atoms with E-state index in [0.717, 1.165) is 5.56 Å². The van der Waals surface area contributed by atoms with Crippen LogP contribution in [0.25, 0.3) is 11.4 Å². The molecular weight excluding hydrogens is 462 g/mol. The van der Waals surface area contributed by atoms with Crippen LogP contribution in [0.1, 0.15) is 19.4 Å². The number of aryl methyl sites for hydroxylation is 1. The van der Waals surface area contributed by atoms with Crippen LogP contribution < -0.4 is 14.2 Å². The molecule has 0 radical (unpaired) electrons. The van der Waals surface area contributed by atoms with Gasteiger partial charge in [0.05, 0.1) is 13.2 Å². The SMILES string of the molecule is CCOc1ccc(CCn2c(-c3cccc(OC(F)(F)C(F)F)c3)n[nH]c2=S)cc1OCC. The van der Waals surface area contributed by atoms with E-state index in [2.05, 4.69) is 14.9 Å². The van der Waals surface area contributed by atoms with Crippen molar-refractivity contribution in [3.8, 4) is 28.6 Å². The van der Waals surface area contributed by atoms with Crippen LogP contribution in [-0.4, -0.2) is 40.5 Å². The summed E-state index contributed by atoms with van der Waals surface area (Å²) >= 11 is 5.32. The average molecular weight is 486 g/mol. The topological polar surface area (TPSA) is 61.3 Å². The lowest BCUT2D eigenvalue weighted by molar-refractivity contribution is -0.253. The molecule has 0 amide bonds. The fourth-order valence-corrected chi connectivity index (χ4v) is 3.36. The molecule has 1 heterocycles. The molecule has 1 aromatic heterocycles. The van der Waals surface area contributed by atoms with Crippen LogP contribution in [0.3, 0.4) is 0 Å². The first-order valence-corrected chi connectivity index (χ1v) is 10.6. The minimum Gasteiger partial charge on any atom is -0.490 e. The molecule has 3 rings (SSSR count). The summed E-state index contributed by atoms with van der Waals surface area (Å²) in [5, 5.41) is 6.84. The van der Waals surface area contributed by atoms with Crippen LogP contribution in [0, 0.1) is 4.77 Å². The summed E-state index contributed by atoms with van der Waals surface area (Å²) in [7, 11) is 0. The molecule has 0 unspecified atom stereocenters. The number of ether oxygens (including phenoxy) is 3. The maximum atomic E-state index is 13.3. The third-order valence-electron chi connectivity index (χ3n) is 4.59. The normalized spacial score (nSPS) is 11.6. The molecule has 0 aliphatic heterocycles. The zero-order valence-corrected chi connectivity index (χ0v) is 18.8. The van der Waals surface area contributed by atoms with Gasteiger partial charge in [0.2, 0.25) is 0 Å². The second-order valence-corrected chi connectivity index (χ2v) is 7.28. The molecule has 1 N–H and O–H groups in total. The number of hydrogen-bond donors (Lipinski definition) is 1. The zero-order valence-electron chi connectivity index (χ0n) is 18.0. The Morgan fingerprint density at radius 1 is 1.06 bits per heavy atom. The highest BCUT2D eigenvalue weighted by atomic mass is 32.1. The van der Waals surface area contributed by atoms with Gasteiger partial charge in [0, 0.05) is 12.1 Å². The Kier molecular flexibility index (Phi) is 7.96. The van der Waals surface area contributed by atoms with Gasteiger partial charge in [0.25, 0.3) is 0 Å². The molecule has 0 aliphatic rings. The molecule has 0 aliphatic carbocycles. The van der Waals surface area contributed by atoms with Crippen molar-refractivity contribution in [2.45, 2.75) is 39.3 Å². The lowest BCUT2D eigenvalue weighted by Crippen LogP contribution is -2.33. The highest BCUT2D eigenvalue weighted by Gasteiger charge is 2.44. The molecule has 0 atom stereocenters. The largest absolute Gasteiger partial charge is 0.490 e. The number of hydrogen-bond acceptors (Lipinski definition) is 5. The lowest BCUT2D eigenvalue weighted by atomic mass is 10.1. The van der Waals surface area contributed by atoms with Crippen molar-refractivity contribution < 1.29 is 31.8 Å². The Bertz CT molecular complexity index is 1130. The van der Waals surface area contributed by atoms with Crippen molar-refractivity contribution in [3.05, 3.63) is 52.8 Å². The molecule has 0 saturated carbocycles. The zero-order chi connectivity index (χ0) is 24.0. The van der Waals surface area contributed by atoms with Crippen molar-refractivity contribution in [1.82, 2.24) is 14.8 Å². The maximum absolute atomic E-state index is 13.3. The third-order valence-corrected chi connectivity index (χ3v) is 4.90. The van der Waals surface area contributed by atoms with Gasteiger partial charge >= 0.3 is 12.5 Å². The van der Waals surface area contributed by atoms with Gasteiger partial charge in [-0.05, 0) is 62.3 Å². The minimum absolute atomic E-state index is 0.324. The van der Waals surface area contributed by atoms with Crippen LogP contribution >= 0.6 is 12.2 Å². The van der Waals surface area contributed by atoms with Crippen molar-refractivity contribution in [3.63, 3.8) is 0 Å². The first-order chi connectivity index (χ1) is 15.7. The molecule has 2 aromatic carbocycles. The minimum atomic E-state index is -4.60. The summed E-state index contributed by atoms with van der Waals surface area (Å²) in [6, 6.07) is 11.0. The highest BCUT2D eigenvalue weighted by Crippen LogP contribution is 2.31. The van der Waals surface area contributed by atoms with Gasteiger partial charge in [-0.2, -0.15) is 22.7 Å². The molecule has 11 heteroatoms. The predicted octanol–water partition coefficient (Wildman–Crippen LogP) is 5.88. The number of nitrogens with one attached hydrogen (secondary N) is 1. The first-order valence-electron chi connectivity index (χ1n) is 10.2. The second-order valence-electron chi connectivity index (χ2n) is 6.89. The standard InChI is InChI=1S/C22H23F4N3O3S/c1-3-30-17-9-8-14(12-18(17)31-4-2)10-11-29-19(27-28-21(29)33)15-6-5-7-16(13-15)32-22(25,26)20(23)24/h5-9,12-13,20H,3-4,10-11H2,1-2H3,(H,28,33). The van der Waals surface area contributed by atoms with Crippen molar-refractivity contribution in [2.75, 3.05) is 13.2 Å². The van der Waals surface area contributed by atoms with Gasteiger partial charge in [-0.3, -0.25) is 9.67 Å². The van der Waals surface area contributed by atoms with E-state index in [1.54, 1.807) is 10.6 Å². The number of aromatic amines is 1. The molecule has 0 saturated heterocycles. The Morgan fingerprint density at radius 3 is 2.48 bits per heavy atom. The Hall–Kier alpha value is -3.08. The quantitative estimate of drug-likeness (QED) is 0.271.